The first kappa shape index (κ1) is 28.1. The molecular formula is C23H30F3N3O6. The maximum atomic E-state index is 12.9. The Balaban J connectivity index is 0.000000540. The highest BCUT2D eigenvalue weighted by Crippen LogP contribution is 2.29. The first-order chi connectivity index (χ1) is 16.5. The van der Waals surface area contributed by atoms with Gasteiger partial charge in [-0.2, -0.15) is 13.2 Å². The van der Waals surface area contributed by atoms with Crippen LogP contribution >= 0.6 is 0 Å². The Kier molecular flexibility index (Phi) is 10.5. The molecule has 0 saturated carbocycles. The van der Waals surface area contributed by atoms with Crippen LogP contribution in [0, 0.1) is 5.41 Å². The first-order valence-corrected chi connectivity index (χ1v) is 11.1. The molecular weight excluding hydrogens is 471 g/mol. The molecule has 35 heavy (non-hydrogen) atoms. The van der Waals surface area contributed by atoms with Crippen LogP contribution in [-0.2, 0) is 14.3 Å². The summed E-state index contributed by atoms with van der Waals surface area (Å²) in [6, 6.07) is 6.87. The van der Waals surface area contributed by atoms with Gasteiger partial charge in [-0.1, -0.05) is 12.1 Å². The van der Waals surface area contributed by atoms with Crippen LogP contribution in [0.25, 0.3) is 0 Å². The molecule has 2 amide bonds. The smallest absolute Gasteiger partial charge is 0.490 e. The number of nitrogens with one attached hydrogen (secondary N) is 3. The molecule has 1 spiro atoms. The fourth-order valence-corrected chi connectivity index (χ4v) is 3.46. The van der Waals surface area contributed by atoms with E-state index < -0.39 is 17.6 Å². The summed E-state index contributed by atoms with van der Waals surface area (Å²) in [7, 11) is 0. The van der Waals surface area contributed by atoms with Crippen LogP contribution in [0.4, 0.5) is 13.2 Å². The summed E-state index contributed by atoms with van der Waals surface area (Å²) >= 11 is 0. The number of rotatable bonds is 0. The number of aliphatic carboxylic acids is 1. The lowest BCUT2D eigenvalue weighted by atomic mass is 9.78. The quantitative estimate of drug-likeness (QED) is 0.400. The number of hydrogen-bond acceptors (Lipinski definition) is 6. The normalized spacial score (nSPS) is 22.3. The van der Waals surface area contributed by atoms with Crippen molar-refractivity contribution in [3.63, 3.8) is 0 Å². The van der Waals surface area contributed by atoms with E-state index in [9.17, 15) is 22.8 Å². The maximum absolute atomic E-state index is 12.9. The molecule has 12 heteroatoms. The molecule has 0 aromatic heterocycles. The Morgan fingerprint density at radius 1 is 1.14 bits per heavy atom. The topological polar surface area (TPSA) is 126 Å². The molecule has 1 aromatic rings. The standard InChI is InChI=1S/C21H29N3O4.C2HF3O2/c1-16-14-23-20(26)21(7-9-22-10-8-21)15-27-11-2-3-12-28-18-6-4-5-17(13-18)19(25)24-16;3-2(4,5)1(6)7/h2-6,13,16,22H,7-12,14-15H2,1H3,(H,23,26)(H,24,25);(H,6,7)/b3-2+;/t16-;/m1./s1. The number of fused-ring (bicyclic) bond motifs is 2. The van der Waals surface area contributed by atoms with Crippen molar-refractivity contribution in [1.82, 2.24) is 16.0 Å². The van der Waals surface area contributed by atoms with Gasteiger partial charge in [-0.3, -0.25) is 9.59 Å². The molecule has 9 nitrogen and oxygen atoms in total. The number of carbonyl (C=O) groups is 3. The summed E-state index contributed by atoms with van der Waals surface area (Å²) < 4.78 is 43.2. The molecule has 0 radical (unpaired) electrons. The zero-order valence-electron chi connectivity index (χ0n) is 19.3. The minimum atomic E-state index is -5.08. The van der Waals surface area contributed by atoms with E-state index in [1.807, 2.05) is 25.1 Å². The number of ether oxygens (including phenoxy) is 2. The molecule has 1 atom stereocenters. The number of carboxylic acids is 1. The van der Waals surface area contributed by atoms with Gasteiger partial charge in [-0.15, -0.1) is 0 Å². The average Bonchev–Trinajstić information content (AvgIpc) is 2.82. The molecule has 2 aliphatic heterocycles. The second kappa shape index (κ2) is 13.1. The van der Waals surface area contributed by atoms with Crippen molar-refractivity contribution in [3.8, 4) is 5.75 Å². The van der Waals surface area contributed by atoms with Gasteiger partial charge in [0, 0.05) is 18.2 Å². The van der Waals surface area contributed by atoms with E-state index in [0.717, 1.165) is 25.9 Å². The summed E-state index contributed by atoms with van der Waals surface area (Å²) in [4.78, 5) is 34.3. The van der Waals surface area contributed by atoms with Crippen molar-refractivity contribution < 1.29 is 42.1 Å². The van der Waals surface area contributed by atoms with Crippen LogP contribution in [-0.4, -0.2) is 74.6 Å². The first-order valence-electron chi connectivity index (χ1n) is 11.1. The van der Waals surface area contributed by atoms with Gasteiger partial charge in [-0.25, -0.2) is 4.79 Å². The van der Waals surface area contributed by atoms with E-state index in [2.05, 4.69) is 16.0 Å². The summed E-state index contributed by atoms with van der Waals surface area (Å²) in [6.07, 6.45) is 0.155. The van der Waals surface area contributed by atoms with Gasteiger partial charge in [0.15, 0.2) is 0 Å². The number of alkyl halides is 3. The fraction of sp³-hybridized carbons (Fsp3) is 0.522. The van der Waals surface area contributed by atoms with Gasteiger partial charge in [-0.05, 0) is 57.1 Å². The SMILES string of the molecule is C[C@@H]1CNC(=O)C2(CCNCC2)COC/C=C/COc2cccc(c2)C(=O)N1.O=C(O)C(F)(F)F. The Morgan fingerprint density at radius 2 is 1.80 bits per heavy atom. The Labute approximate surface area is 201 Å². The van der Waals surface area contributed by atoms with Crippen LogP contribution in [0.15, 0.2) is 36.4 Å². The number of amides is 2. The Hall–Kier alpha value is -3.12. The van der Waals surface area contributed by atoms with Gasteiger partial charge < -0.3 is 30.5 Å². The molecule has 3 rings (SSSR count). The predicted octanol–water partition coefficient (Wildman–Crippen LogP) is 1.89. The molecule has 2 heterocycles. The van der Waals surface area contributed by atoms with Crippen LogP contribution in [0.1, 0.15) is 30.1 Å². The molecule has 2 bridgehead atoms. The number of benzene rings is 1. The zero-order valence-corrected chi connectivity index (χ0v) is 19.3. The van der Waals surface area contributed by atoms with E-state index in [4.69, 9.17) is 19.4 Å². The fourth-order valence-electron chi connectivity index (χ4n) is 3.46. The molecule has 1 saturated heterocycles. The van der Waals surface area contributed by atoms with Crippen LogP contribution < -0.4 is 20.7 Å². The second-order valence-electron chi connectivity index (χ2n) is 8.24. The van der Waals surface area contributed by atoms with Crippen molar-refractivity contribution in [2.75, 3.05) is 39.5 Å². The lowest BCUT2D eigenvalue weighted by Gasteiger charge is -2.36. The van der Waals surface area contributed by atoms with Crippen molar-refractivity contribution in [2.24, 2.45) is 5.41 Å². The van der Waals surface area contributed by atoms with Gasteiger partial charge in [0.1, 0.15) is 12.4 Å². The molecule has 2 aliphatic rings. The maximum Gasteiger partial charge on any atom is 0.490 e. The van der Waals surface area contributed by atoms with Gasteiger partial charge in [0.25, 0.3) is 5.91 Å². The highest BCUT2D eigenvalue weighted by Gasteiger charge is 2.40. The lowest BCUT2D eigenvalue weighted by Crippen LogP contribution is -2.52. The van der Waals surface area contributed by atoms with E-state index >= 15 is 0 Å². The largest absolute Gasteiger partial charge is 0.490 e. The number of carboxylic acid groups (broad SMARTS) is 1. The summed E-state index contributed by atoms with van der Waals surface area (Å²) in [6.45, 7) is 5.04. The monoisotopic (exact) mass is 501 g/mol. The van der Waals surface area contributed by atoms with Gasteiger partial charge in [0.2, 0.25) is 5.91 Å². The molecule has 0 unspecified atom stereocenters. The number of hydrogen-bond donors (Lipinski definition) is 4. The average molecular weight is 502 g/mol. The molecule has 4 N–H and O–H groups in total. The number of halogens is 3. The van der Waals surface area contributed by atoms with E-state index in [0.29, 0.717) is 37.7 Å². The summed E-state index contributed by atoms with van der Waals surface area (Å²) in [5.41, 5.74) is 0.00188. The highest BCUT2D eigenvalue weighted by molar-refractivity contribution is 5.94. The molecule has 0 aliphatic carbocycles. The zero-order chi connectivity index (χ0) is 25.9. The number of carbonyl (C=O) groups excluding carboxylic acids is 2. The van der Waals surface area contributed by atoms with E-state index in [1.54, 1.807) is 18.2 Å². The minimum Gasteiger partial charge on any atom is -0.490 e. The molecule has 194 valence electrons. The van der Waals surface area contributed by atoms with E-state index in [1.165, 1.54) is 0 Å². The van der Waals surface area contributed by atoms with Crippen LogP contribution in [0.3, 0.4) is 0 Å². The third-order valence-corrected chi connectivity index (χ3v) is 5.43. The minimum absolute atomic E-state index is 0.00581. The van der Waals surface area contributed by atoms with Crippen molar-refractivity contribution in [3.05, 3.63) is 42.0 Å². The van der Waals surface area contributed by atoms with Gasteiger partial charge in [0.05, 0.1) is 18.6 Å². The highest BCUT2D eigenvalue weighted by atomic mass is 19.4. The van der Waals surface area contributed by atoms with Crippen LogP contribution in [0.2, 0.25) is 0 Å². The summed E-state index contributed by atoms with van der Waals surface area (Å²) in [5.74, 6) is -2.31. The lowest BCUT2D eigenvalue weighted by molar-refractivity contribution is -0.192. The number of piperidine rings is 1. The Bertz CT molecular complexity index is 901. The Morgan fingerprint density at radius 3 is 2.46 bits per heavy atom. The van der Waals surface area contributed by atoms with Crippen molar-refractivity contribution in [2.45, 2.75) is 32.0 Å². The molecule has 1 aromatic carbocycles. The summed E-state index contributed by atoms with van der Waals surface area (Å²) in [5, 5.41) is 16.4. The second-order valence-corrected chi connectivity index (χ2v) is 8.24. The third-order valence-electron chi connectivity index (χ3n) is 5.43. The van der Waals surface area contributed by atoms with Crippen molar-refractivity contribution >= 4 is 17.8 Å². The molecule has 1 fully saturated rings. The van der Waals surface area contributed by atoms with Crippen LogP contribution in [0.5, 0.6) is 5.75 Å². The van der Waals surface area contributed by atoms with Gasteiger partial charge >= 0.3 is 12.1 Å². The van der Waals surface area contributed by atoms with E-state index in [-0.39, 0.29) is 17.9 Å². The predicted molar refractivity (Wildman–Crippen MR) is 120 cm³/mol. The van der Waals surface area contributed by atoms with Crippen molar-refractivity contribution in [1.29, 1.82) is 0 Å². The third kappa shape index (κ3) is 9.21.